The van der Waals surface area contributed by atoms with Gasteiger partial charge in [-0.1, -0.05) is 0 Å². The number of nitrogens with one attached hydrogen (secondary N) is 1. The molecule has 0 aromatic rings. The monoisotopic (exact) mass is 244 g/mol. The fourth-order valence-electron chi connectivity index (χ4n) is 1.85. The average Bonchev–Trinajstić information content (AvgIpc) is 2.35. The molecule has 1 fully saturated rings. The van der Waals surface area contributed by atoms with Gasteiger partial charge >= 0.3 is 12.0 Å². The SMILES string of the molecule is COC(C)CNC(=O)N1CCCCC1C(=O)O. The van der Waals surface area contributed by atoms with Crippen molar-refractivity contribution in [2.45, 2.75) is 38.3 Å². The number of nitrogens with zero attached hydrogens (tertiary/aromatic N) is 1. The molecule has 2 unspecified atom stereocenters. The van der Waals surface area contributed by atoms with Gasteiger partial charge in [0.05, 0.1) is 6.10 Å². The third-order valence-electron chi connectivity index (χ3n) is 2.99. The molecule has 1 heterocycles. The molecule has 0 aliphatic carbocycles. The number of ether oxygens (including phenoxy) is 1. The van der Waals surface area contributed by atoms with Gasteiger partial charge in [-0.05, 0) is 26.2 Å². The van der Waals surface area contributed by atoms with Crippen LogP contribution in [0.1, 0.15) is 26.2 Å². The molecule has 6 heteroatoms. The minimum atomic E-state index is -0.931. The maximum atomic E-state index is 11.8. The predicted molar refractivity (Wildman–Crippen MR) is 61.9 cm³/mol. The van der Waals surface area contributed by atoms with Gasteiger partial charge in [0.15, 0.2) is 0 Å². The number of carboxylic acids is 1. The van der Waals surface area contributed by atoms with Crippen LogP contribution in [-0.2, 0) is 9.53 Å². The number of carboxylic acid groups (broad SMARTS) is 1. The molecule has 0 saturated carbocycles. The number of carbonyl (C=O) groups is 2. The molecule has 0 spiro atoms. The van der Waals surface area contributed by atoms with E-state index >= 15 is 0 Å². The van der Waals surface area contributed by atoms with E-state index in [1.807, 2.05) is 6.92 Å². The lowest BCUT2D eigenvalue weighted by Gasteiger charge is -2.33. The lowest BCUT2D eigenvalue weighted by atomic mass is 10.0. The predicted octanol–water partition coefficient (Wildman–Crippen LogP) is 0.670. The molecule has 1 saturated heterocycles. The van der Waals surface area contributed by atoms with Crippen molar-refractivity contribution < 1.29 is 19.4 Å². The van der Waals surface area contributed by atoms with Crippen LogP contribution in [0.4, 0.5) is 4.79 Å². The molecule has 1 aliphatic rings. The molecular formula is C11H20N2O4. The maximum Gasteiger partial charge on any atom is 0.326 e. The first-order valence-electron chi connectivity index (χ1n) is 5.86. The molecule has 2 atom stereocenters. The zero-order valence-electron chi connectivity index (χ0n) is 10.3. The van der Waals surface area contributed by atoms with Crippen LogP contribution in [-0.4, -0.2) is 54.4 Å². The number of carbonyl (C=O) groups excluding carboxylic acids is 1. The number of hydrogen-bond donors (Lipinski definition) is 2. The van der Waals surface area contributed by atoms with Crippen molar-refractivity contribution in [1.82, 2.24) is 10.2 Å². The van der Waals surface area contributed by atoms with Crippen molar-refractivity contribution in [2.75, 3.05) is 20.2 Å². The van der Waals surface area contributed by atoms with E-state index in [2.05, 4.69) is 5.32 Å². The molecule has 0 aromatic carbocycles. The van der Waals surface area contributed by atoms with Crippen LogP contribution >= 0.6 is 0 Å². The van der Waals surface area contributed by atoms with Crippen molar-refractivity contribution >= 4 is 12.0 Å². The Balaban J connectivity index is 2.50. The second kappa shape index (κ2) is 6.44. The van der Waals surface area contributed by atoms with E-state index in [1.165, 1.54) is 4.90 Å². The zero-order valence-corrected chi connectivity index (χ0v) is 10.3. The van der Waals surface area contributed by atoms with Crippen LogP contribution in [0.15, 0.2) is 0 Å². The summed E-state index contributed by atoms with van der Waals surface area (Å²) in [5, 5.41) is 11.7. The van der Waals surface area contributed by atoms with Crippen molar-refractivity contribution in [2.24, 2.45) is 0 Å². The maximum absolute atomic E-state index is 11.8. The highest BCUT2D eigenvalue weighted by molar-refractivity contribution is 5.82. The Bertz CT molecular complexity index is 283. The molecule has 6 nitrogen and oxygen atoms in total. The molecule has 98 valence electrons. The van der Waals surface area contributed by atoms with Gasteiger partial charge in [0.2, 0.25) is 0 Å². The van der Waals surface area contributed by atoms with Gasteiger partial charge in [-0.15, -0.1) is 0 Å². The standard InChI is InChI=1S/C11H20N2O4/c1-8(17-2)7-12-11(16)13-6-4-3-5-9(13)10(14)15/h8-9H,3-7H2,1-2H3,(H,12,16)(H,14,15). The minimum Gasteiger partial charge on any atom is -0.480 e. The van der Waals surface area contributed by atoms with Gasteiger partial charge in [-0.25, -0.2) is 9.59 Å². The fourth-order valence-corrected chi connectivity index (χ4v) is 1.85. The van der Waals surface area contributed by atoms with Crippen LogP contribution < -0.4 is 5.32 Å². The normalized spacial score (nSPS) is 22.0. The third kappa shape index (κ3) is 3.89. The van der Waals surface area contributed by atoms with Crippen LogP contribution in [0.25, 0.3) is 0 Å². The number of amides is 2. The Labute approximate surface area is 101 Å². The Morgan fingerprint density at radius 3 is 2.82 bits per heavy atom. The quantitative estimate of drug-likeness (QED) is 0.762. The first-order valence-corrected chi connectivity index (χ1v) is 5.86. The smallest absolute Gasteiger partial charge is 0.326 e. The van der Waals surface area contributed by atoms with E-state index in [9.17, 15) is 9.59 Å². The Hall–Kier alpha value is -1.30. The van der Waals surface area contributed by atoms with E-state index in [1.54, 1.807) is 7.11 Å². The number of urea groups is 1. The topological polar surface area (TPSA) is 78.9 Å². The summed E-state index contributed by atoms with van der Waals surface area (Å²) >= 11 is 0. The van der Waals surface area contributed by atoms with E-state index in [-0.39, 0.29) is 12.1 Å². The lowest BCUT2D eigenvalue weighted by molar-refractivity contribution is -0.143. The van der Waals surface area contributed by atoms with Crippen molar-refractivity contribution in [3.05, 3.63) is 0 Å². The molecule has 0 aromatic heterocycles. The summed E-state index contributed by atoms with van der Waals surface area (Å²) in [6.07, 6.45) is 2.17. The Morgan fingerprint density at radius 2 is 2.24 bits per heavy atom. The molecule has 17 heavy (non-hydrogen) atoms. The first kappa shape index (κ1) is 13.8. The number of piperidine rings is 1. The summed E-state index contributed by atoms with van der Waals surface area (Å²) in [5.74, 6) is -0.931. The number of hydrogen-bond acceptors (Lipinski definition) is 3. The summed E-state index contributed by atoms with van der Waals surface area (Å²) in [6, 6.07) is -1.01. The van der Waals surface area contributed by atoms with Gasteiger partial charge < -0.3 is 20.1 Å². The Morgan fingerprint density at radius 1 is 1.53 bits per heavy atom. The Kier molecular flexibility index (Phi) is 5.21. The highest BCUT2D eigenvalue weighted by Gasteiger charge is 2.31. The van der Waals surface area contributed by atoms with Crippen LogP contribution in [0.5, 0.6) is 0 Å². The number of likely N-dealkylation sites (tertiary alicyclic amines) is 1. The molecule has 0 bridgehead atoms. The fraction of sp³-hybridized carbons (Fsp3) is 0.818. The van der Waals surface area contributed by atoms with Crippen LogP contribution in [0.3, 0.4) is 0 Å². The van der Waals surface area contributed by atoms with E-state index in [0.29, 0.717) is 19.5 Å². The van der Waals surface area contributed by atoms with Crippen LogP contribution in [0.2, 0.25) is 0 Å². The summed E-state index contributed by atoms with van der Waals surface area (Å²) < 4.78 is 5.01. The van der Waals surface area contributed by atoms with E-state index in [0.717, 1.165) is 12.8 Å². The highest BCUT2D eigenvalue weighted by atomic mass is 16.5. The minimum absolute atomic E-state index is 0.0768. The molecule has 1 rings (SSSR count). The van der Waals surface area contributed by atoms with Crippen molar-refractivity contribution in [3.8, 4) is 0 Å². The summed E-state index contributed by atoms with van der Waals surface area (Å²) in [6.45, 7) is 2.73. The van der Waals surface area contributed by atoms with E-state index in [4.69, 9.17) is 9.84 Å². The average molecular weight is 244 g/mol. The zero-order chi connectivity index (χ0) is 12.8. The van der Waals surface area contributed by atoms with Gasteiger partial charge in [-0.3, -0.25) is 0 Å². The van der Waals surface area contributed by atoms with Gasteiger partial charge in [0, 0.05) is 20.2 Å². The lowest BCUT2D eigenvalue weighted by Crippen LogP contribution is -2.52. The second-order valence-electron chi connectivity index (χ2n) is 4.28. The van der Waals surface area contributed by atoms with Crippen LogP contribution in [0, 0.1) is 0 Å². The van der Waals surface area contributed by atoms with Gasteiger partial charge in [0.1, 0.15) is 6.04 Å². The second-order valence-corrected chi connectivity index (χ2v) is 4.28. The highest BCUT2D eigenvalue weighted by Crippen LogP contribution is 2.17. The largest absolute Gasteiger partial charge is 0.480 e. The molecular weight excluding hydrogens is 224 g/mol. The van der Waals surface area contributed by atoms with Crippen molar-refractivity contribution in [3.63, 3.8) is 0 Å². The summed E-state index contributed by atoms with van der Waals surface area (Å²) in [7, 11) is 1.57. The molecule has 0 radical (unpaired) electrons. The number of rotatable bonds is 4. The third-order valence-corrected chi connectivity index (χ3v) is 2.99. The summed E-state index contributed by atoms with van der Waals surface area (Å²) in [4.78, 5) is 24.2. The molecule has 2 N–H and O–H groups in total. The van der Waals surface area contributed by atoms with Gasteiger partial charge in [0.25, 0.3) is 0 Å². The van der Waals surface area contributed by atoms with Crippen molar-refractivity contribution in [1.29, 1.82) is 0 Å². The molecule has 2 amide bonds. The molecule has 1 aliphatic heterocycles. The van der Waals surface area contributed by atoms with Gasteiger partial charge in [-0.2, -0.15) is 0 Å². The first-order chi connectivity index (χ1) is 8.06. The summed E-state index contributed by atoms with van der Waals surface area (Å²) in [5.41, 5.74) is 0. The van der Waals surface area contributed by atoms with E-state index < -0.39 is 12.0 Å². The number of methoxy groups -OCH3 is 1. The number of aliphatic carboxylic acids is 1.